The van der Waals surface area contributed by atoms with Crippen molar-refractivity contribution in [2.45, 2.75) is 13.5 Å². The first kappa shape index (κ1) is 12.1. The molecule has 2 N–H and O–H groups in total. The topological polar surface area (TPSA) is 42.1 Å². The second-order valence-electron chi connectivity index (χ2n) is 4.16. The number of nitrogens with zero attached hydrogens (tertiary/aromatic N) is 2. The monoisotopic (exact) mass is 247 g/mol. The van der Waals surface area contributed by atoms with Crippen molar-refractivity contribution in [2.24, 2.45) is 5.73 Å². The van der Waals surface area contributed by atoms with Crippen LogP contribution in [-0.2, 0) is 6.54 Å². The fourth-order valence-electron chi connectivity index (χ4n) is 1.72. The van der Waals surface area contributed by atoms with Gasteiger partial charge in [0.1, 0.15) is 5.01 Å². The summed E-state index contributed by atoms with van der Waals surface area (Å²) in [4.78, 5) is 7.86. The Morgan fingerprint density at radius 3 is 2.35 bits per heavy atom. The first-order valence-electron chi connectivity index (χ1n) is 5.56. The predicted molar refractivity (Wildman–Crippen MR) is 74.5 cm³/mol. The third-order valence-electron chi connectivity index (χ3n) is 2.67. The minimum Gasteiger partial charge on any atom is -0.378 e. The zero-order valence-corrected chi connectivity index (χ0v) is 11.2. The van der Waals surface area contributed by atoms with Gasteiger partial charge in [-0.3, -0.25) is 0 Å². The highest BCUT2D eigenvalue weighted by molar-refractivity contribution is 7.12. The van der Waals surface area contributed by atoms with E-state index < -0.39 is 0 Å². The zero-order valence-electron chi connectivity index (χ0n) is 10.4. The molecular formula is C13H17N3S. The number of thiazole rings is 1. The van der Waals surface area contributed by atoms with E-state index in [-0.39, 0.29) is 0 Å². The number of anilines is 1. The van der Waals surface area contributed by atoms with Crippen molar-refractivity contribution < 1.29 is 0 Å². The quantitative estimate of drug-likeness (QED) is 0.906. The number of aromatic nitrogens is 1. The van der Waals surface area contributed by atoms with E-state index in [9.17, 15) is 0 Å². The van der Waals surface area contributed by atoms with Crippen molar-refractivity contribution in [3.63, 3.8) is 0 Å². The number of benzene rings is 1. The Morgan fingerprint density at radius 2 is 1.88 bits per heavy atom. The minimum atomic E-state index is 0.515. The lowest BCUT2D eigenvalue weighted by molar-refractivity contribution is 1.04. The standard InChI is InChI=1S/C13H17N3S/c1-9-13(15-12(8-14)17-9)10-4-6-11(7-5-10)16(2)3/h4-7H,8,14H2,1-3H3. The maximum absolute atomic E-state index is 5.62. The Balaban J connectivity index is 2.36. The number of rotatable bonds is 3. The maximum Gasteiger partial charge on any atom is 0.107 e. The lowest BCUT2D eigenvalue weighted by Crippen LogP contribution is -2.07. The largest absolute Gasteiger partial charge is 0.378 e. The normalized spacial score (nSPS) is 10.6. The van der Waals surface area contributed by atoms with E-state index in [2.05, 4.69) is 41.1 Å². The number of aryl methyl sites for hydroxylation is 1. The molecule has 0 fully saturated rings. The van der Waals surface area contributed by atoms with Gasteiger partial charge in [0.15, 0.2) is 0 Å². The Labute approximate surface area is 106 Å². The molecule has 1 aromatic carbocycles. The zero-order chi connectivity index (χ0) is 12.4. The SMILES string of the molecule is Cc1sc(CN)nc1-c1ccc(N(C)C)cc1. The molecule has 0 bridgehead atoms. The predicted octanol–water partition coefficient (Wildman–Crippen LogP) is 2.64. The minimum absolute atomic E-state index is 0.515. The Bertz CT molecular complexity index is 500. The summed E-state index contributed by atoms with van der Waals surface area (Å²) in [6, 6.07) is 8.43. The van der Waals surface area contributed by atoms with Crippen LogP contribution >= 0.6 is 11.3 Å². The summed E-state index contributed by atoms with van der Waals surface area (Å²) >= 11 is 1.67. The van der Waals surface area contributed by atoms with Crippen LogP contribution in [-0.4, -0.2) is 19.1 Å². The van der Waals surface area contributed by atoms with E-state index in [4.69, 9.17) is 5.73 Å². The van der Waals surface area contributed by atoms with Gasteiger partial charge < -0.3 is 10.6 Å². The fraction of sp³-hybridized carbons (Fsp3) is 0.308. The van der Waals surface area contributed by atoms with Gasteiger partial charge in [-0.1, -0.05) is 12.1 Å². The molecule has 0 unspecified atom stereocenters. The average Bonchev–Trinajstić information content (AvgIpc) is 2.71. The van der Waals surface area contributed by atoms with Crippen molar-refractivity contribution >= 4 is 17.0 Å². The fourth-order valence-corrected chi connectivity index (χ4v) is 2.56. The highest BCUT2D eigenvalue weighted by Gasteiger charge is 2.08. The maximum atomic E-state index is 5.62. The third kappa shape index (κ3) is 2.48. The van der Waals surface area contributed by atoms with Crippen LogP contribution < -0.4 is 10.6 Å². The van der Waals surface area contributed by atoms with E-state index in [1.54, 1.807) is 11.3 Å². The van der Waals surface area contributed by atoms with Gasteiger partial charge in [-0.2, -0.15) is 0 Å². The van der Waals surface area contributed by atoms with Crippen LogP contribution in [0.3, 0.4) is 0 Å². The van der Waals surface area contributed by atoms with Crippen molar-refractivity contribution in [3.05, 3.63) is 34.2 Å². The number of hydrogen-bond donors (Lipinski definition) is 1. The van der Waals surface area contributed by atoms with E-state index in [1.165, 1.54) is 10.6 Å². The molecule has 0 aliphatic rings. The van der Waals surface area contributed by atoms with Gasteiger partial charge in [-0.25, -0.2) is 4.98 Å². The van der Waals surface area contributed by atoms with Crippen LogP contribution in [0.15, 0.2) is 24.3 Å². The molecule has 90 valence electrons. The van der Waals surface area contributed by atoms with Crippen molar-refractivity contribution in [3.8, 4) is 11.3 Å². The summed E-state index contributed by atoms with van der Waals surface area (Å²) in [5.41, 5.74) is 9.02. The summed E-state index contributed by atoms with van der Waals surface area (Å²) in [5, 5.41) is 0.995. The average molecular weight is 247 g/mol. The summed E-state index contributed by atoms with van der Waals surface area (Å²) in [5.74, 6) is 0. The van der Waals surface area contributed by atoms with Gasteiger partial charge in [0, 0.05) is 36.8 Å². The molecule has 0 saturated heterocycles. The molecule has 17 heavy (non-hydrogen) atoms. The summed E-state index contributed by atoms with van der Waals surface area (Å²) in [6.45, 7) is 2.60. The first-order valence-corrected chi connectivity index (χ1v) is 6.37. The van der Waals surface area contributed by atoms with Gasteiger partial charge >= 0.3 is 0 Å². The van der Waals surface area contributed by atoms with Crippen molar-refractivity contribution in [1.82, 2.24) is 4.98 Å². The summed E-state index contributed by atoms with van der Waals surface area (Å²) in [6.07, 6.45) is 0. The molecule has 3 nitrogen and oxygen atoms in total. The summed E-state index contributed by atoms with van der Waals surface area (Å²) in [7, 11) is 4.07. The molecule has 0 aliphatic carbocycles. The van der Waals surface area contributed by atoms with Crippen LogP contribution in [0.1, 0.15) is 9.88 Å². The molecule has 0 amide bonds. The van der Waals surface area contributed by atoms with E-state index in [0.717, 1.165) is 16.3 Å². The highest BCUT2D eigenvalue weighted by Crippen LogP contribution is 2.28. The van der Waals surface area contributed by atoms with Gasteiger partial charge in [0.05, 0.1) is 5.69 Å². The molecule has 1 aromatic heterocycles. The Hall–Kier alpha value is -1.39. The molecular weight excluding hydrogens is 230 g/mol. The first-order chi connectivity index (χ1) is 8.11. The lowest BCUT2D eigenvalue weighted by atomic mass is 10.1. The molecule has 0 spiro atoms. The van der Waals surface area contributed by atoms with E-state index in [0.29, 0.717) is 6.54 Å². The Kier molecular flexibility index (Phi) is 3.45. The Morgan fingerprint density at radius 1 is 1.24 bits per heavy atom. The van der Waals surface area contributed by atoms with Crippen LogP contribution in [0, 0.1) is 6.92 Å². The van der Waals surface area contributed by atoms with E-state index in [1.807, 2.05) is 14.1 Å². The van der Waals surface area contributed by atoms with Crippen LogP contribution in [0.5, 0.6) is 0 Å². The second kappa shape index (κ2) is 4.85. The van der Waals surface area contributed by atoms with Crippen LogP contribution in [0.2, 0.25) is 0 Å². The second-order valence-corrected chi connectivity index (χ2v) is 5.45. The molecule has 0 atom stereocenters. The highest BCUT2D eigenvalue weighted by atomic mass is 32.1. The molecule has 4 heteroatoms. The molecule has 0 radical (unpaired) electrons. The molecule has 0 saturated carbocycles. The van der Waals surface area contributed by atoms with Crippen LogP contribution in [0.4, 0.5) is 5.69 Å². The number of nitrogens with two attached hydrogens (primary N) is 1. The van der Waals surface area contributed by atoms with Crippen molar-refractivity contribution in [1.29, 1.82) is 0 Å². The molecule has 0 aliphatic heterocycles. The van der Waals surface area contributed by atoms with Gasteiger partial charge in [0.2, 0.25) is 0 Å². The van der Waals surface area contributed by atoms with Crippen molar-refractivity contribution in [2.75, 3.05) is 19.0 Å². The third-order valence-corrected chi connectivity index (χ3v) is 3.67. The van der Waals surface area contributed by atoms with E-state index >= 15 is 0 Å². The molecule has 2 rings (SSSR count). The number of hydrogen-bond acceptors (Lipinski definition) is 4. The molecule has 2 aromatic rings. The summed E-state index contributed by atoms with van der Waals surface area (Å²) < 4.78 is 0. The van der Waals surface area contributed by atoms with Gasteiger partial charge in [0.25, 0.3) is 0 Å². The smallest absolute Gasteiger partial charge is 0.107 e. The lowest BCUT2D eigenvalue weighted by Gasteiger charge is -2.12. The molecule has 1 heterocycles. The van der Waals surface area contributed by atoms with Crippen LogP contribution in [0.25, 0.3) is 11.3 Å². The van der Waals surface area contributed by atoms with Gasteiger partial charge in [-0.15, -0.1) is 11.3 Å². The van der Waals surface area contributed by atoms with Gasteiger partial charge in [-0.05, 0) is 19.1 Å².